The summed E-state index contributed by atoms with van der Waals surface area (Å²) in [5.41, 5.74) is 3.77. The number of hydrogen-bond donors (Lipinski definition) is 2. The number of hydrogen-bond acceptors (Lipinski definition) is 3. The summed E-state index contributed by atoms with van der Waals surface area (Å²) < 4.78 is 0. The second-order valence-electron chi connectivity index (χ2n) is 6.95. The number of carbonyl (C=O) groups is 3. The van der Waals surface area contributed by atoms with Crippen molar-refractivity contribution in [2.75, 3.05) is 16.8 Å². The third-order valence-electron chi connectivity index (χ3n) is 4.83. The van der Waals surface area contributed by atoms with Crippen LogP contribution < -0.4 is 10.2 Å². The zero-order chi connectivity index (χ0) is 19.9. The average Bonchev–Trinajstić information content (AvgIpc) is 3.11. The van der Waals surface area contributed by atoms with E-state index in [9.17, 15) is 14.4 Å². The first-order valence-corrected chi connectivity index (χ1v) is 9.52. The van der Waals surface area contributed by atoms with Gasteiger partial charge in [0, 0.05) is 30.8 Å². The number of carboxylic acids is 1. The smallest absolute Gasteiger partial charge is 0.303 e. The summed E-state index contributed by atoms with van der Waals surface area (Å²) in [6.07, 6.45) is 2.61. The fraction of sp³-hybridized carbons (Fsp3) is 0.318. The quantitative estimate of drug-likeness (QED) is 0.687. The highest BCUT2D eigenvalue weighted by atomic mass is 16.4. The molecule has 2 N–H and O–H groups in total. The molecule has 2 amide bonds. The topological polar surface area (TPSA) is 86.7 Å². The van der Waals surface area contributed by atoms with Crippen molar-refractivity contribution in [2.24, 2.45) is 0 Å². The Morgan fingerprint density at radius 2 is 1.68 bits per heavy atom. The Morgan fingerprint density at radius 1 is 0.964 bits per heavy atom. The van der Waals surface area contributed by atoms with Crippen molar-refractivity contribution in [3.05, 3.63) is 59.7 Å². The molecule has 0 spiro atoms. The summed E-state index contributed by atoms with van der Waals surface area (Å²) in [5.74, 6) is -0.911. The van der Waals surface area contributed by atoms with Crippen LogP contribution in [0.4, 0.5) is 11.4 Å². The van der Waals surface area contributed by atoms with Gasteiger partial charge in [-0.3, -0.25) is 14.4 Å². The van der Waals surface area contributed by atoms with Crippen LogP contribution in [-0.4, -0.2) is 29.4 Å². The molecule has 1 aliphatic heterocycles. The maximum Gasteiger partial charge on any atom is 0.303 e. The van der Waals surface area contributed by atoms with E-state index in [1.807, 2.05) is 35.2 Å². The van der Waals surface area contributed by atoms with Crippen LogP contribution in [0.25, 0.3) is 0 Å². The lowest BCUT2D eigenvalue weighted by molar-refractivity contribution is -0.137. The molecule has 1 aliphatic rings. The SMILES string of the molecule is O=C(O)CCCCC(=O)Nc1ccc(CC(=O)N2CCc3ccccc32)cc1. The van der Waals surface area contributed by atoms with Gasteiger partial charge < -0.3 is 15.3 Å². The van der Waals surface area contributed by atoms with Crippen LogP contribution in [-0.2, 0) is 27.2 Å². The Hall–Kier alpha value is -3.15. The summed E-state index contributed by atoms with van der Waals surface area (Å²) in [6.45, 7) is 0.716. The first-order chi connectivity index (χ1) is 13.5. The third kappa shape index (κ3) is 5.19. The van der Waals surface area contributed by atoms with Crippen LogP contribution in [0.15, 0.2) is 48.5 Å². The molecule has 1 heterocycles. The average molecular weight is 380 g/mol. The molecule has 0 unspecified atom stereocenters. The lowest BCUT2D eigenvalue weighted by Gasteiger charge is -2.17. The van der Waals surface area contributed by atoms with Gasteiger partial charge in [0.15, 0.2) is 0 Å². The summed E-state index contributed by atoms with van der Waals surface area (Å²) in [7, 11) is 0. The molecule has 0 aromatic heterocycles. The van der Waals surface area contributed by atoms with Gasteiger partial charge in [-0.1, -0.05) is 30.3 Å². The highest BCUT2D eigenvalue weighted by Gasteiger charge is 2.23. The number of anilines is 2. The van der Waals surface area contributed by atoms with Crippen molar-refractivity contribution in [3.63, 3.8) is 0 Å². The van der Waals surface area contributed by atoms with E-state index in [1.54, 1.807) is 12.1 Å². The minimum atomic E-state index is -0.844. The monoisotopic (exact) mass is 380 g/mol. The number of unbranched alkanes of at least 4 members (excludes halogenated alkanes) is 1. The number of benzene rings is 2. The Bertz CT molecular complexity index is 861. The minimum Gasteiger partial charge on any atom is -0.481 e. The minimum absolute atomic E-state index is 0.0696. The van der Waals surface area contributed by atoms with Crippen LogP contribution in [0.5, 0.6) is 0 Å². The summed E-state index contributed by atoms with van der Waals surface area (Å²) >= 11 is 0. The second kappa shape index (κ2) is 9.17. The third-order valence-corrected chi connectivity index (χ3v) is 4.83. The molecular weight excluding hydrogens is 356 g/mol. The normalized spacial score (nSPS) is 12.5. The fourth-order valence-electron chi connectivity index (χ4n) is 3.36. The Kier molecular flexibility index (Phi) is 6.42. The fourth-order valence-corrected chi connectivity index (χ4v) is 3.36. The van der Waals surface area contributed by atoms with Crippen molar-refractivity contribution in [3.8, 4) is 0 Å². The molecule has 0 atom stereocenters. The standard InChI is InChI=1S/C22H24N2O4/c25-20(7-3-4-8-22(27)28)23-18-11-9-16(10-12-18)15-21(26)24-14-13-17-5-1-2-6-19(17)24/h1-2,5-6,9-12H,3-4,7-8,13-15H2,(H,23,25)(H,27,28). The van der Waals surface area contributed by atoms with Gasteiger partial charge >= 0.3 is 5.97 Å². The van der Waals surface area contributed by atoms with Gasteiger partial charge in [-0.15, -0.1) is 0 Å². The lowest BCUT2D eigenvalue weighted by atomic mass is 10.1. The molecule has 3 rings (SSSR count). The summed E-state index contributed by atoms with van der Waals surface area (Å²) in [6, 6.07) is 15.2. The summed E-state index contributed by atoms with van der Waals surface area (Å²) in [4.78, 5) is 36.8. The van der Waals surface area contributed by atoms with Gasteiger partial charge in [0.2, 0.25) is 11.8 Å². The largest absolute Gasteiger partial charge is 0.481 e. The zero-order valence-corrected chi connectivity index (χ0v) is 15.7. The highest BCUT2D eigenvalue weighted by Crippen LogP contribution is 2.28. The number of carboxylic acid groups (broad SMARTS) is 1. The van der Waals surface area contributed by atoms with Crippen LogP contribution in [0, 0.1) is 0 Å². The Labute approximate surface area is 164 Å². The van der Waals surface area contributed by atoms with Crippen LogP contribution in [0.2, 0.25) is 0 Å². The molecule has 6 heteroatoms. The van der Waals surface area contributed by atoms with E-state index in [1.165, 1.54) is 5.56 Å². The first-order valence-electron chi connectivity index (χ1n) is 9.52. The van der Waals surface area contributed by atoms with Gasteiger partial charge in [0.25, 0.3) is 0 Å². The van der Waals surface area contributed by atoms with E-state index < -0.39 is 5.97 Å². The van der Waals surface area contributed by atoms with E-state index in [2.05, 4.69) is 11.4 Å². The molecule has 2 aromatic carbocycles. The number of amides is 2. The van der Waals surface area contributed by atoms with Gasteiger partial charge in [0.05, 0.1) is 6.42 Å². The van der Waals surface area contributed by atoms with Gasteiger partial charge in [-0.25, -0.2) is 0 Å². The molecular formula is C22H24N2O4. The summed E-state index contributed by atoms with van der Waals surface area (Å²) in [5, 5.41) is 11.4. The maximum absolute atomic E-state index is 12.6. The zero-order valence-electron chi connectivity index (χ0n) is 15.7. The predicted octanol–water partition coefficient (Wildman–Crippen LogP) is 3.40. The molecule has 146 valence electrons. The number of rotatable bonds is 8. The number of aliphatic carboxylic acids is 1. The Morgan fingerprint density at radius 3 is 2.43 bits per heavy atom. The Balaban J connectivity index is 1.49. The van der Waals surface area contributed by atoms with Crippen molar-refractivity contribution in [1.82, 2.24) is 0 Å². The maximum atomic E-state index is 12.6. The number of fused-ring (bicyclic) bond motifs is 1. The van der Waals surface area contributed by atoms with Crippen LogP contribution in [0.3, 0.4) is 0 Å². The van der Waals surface area contributed by atoms with E-state index >= 15 is 0 Å². The van der Waals surface area contributed by atoms with Crippen molar-refractivity contribution in [2.45, 2.75) is 38.5 Å². The highest BCUT2D eigenvalue weighted by molar-refractivity contribution is 5.97. The first kappa shape index (κ1) is 19.6. The van der Waals surface area contributed by atoms with Gasteiger partial charge in [0.1, 0.15) is 0 Å². The molecule has 28 heavy (non-hydrogen) atoms. The van der Waals surface area contributed by atoms with E-state index in [0.29, 0.717) is 37.9 Å². The van der Waals surface area contributed by atoms with Crippen molar-refractivity contribution >= 4 is 29.2 Å². The molecule has 6 nitrogen and oxygen atoms in total. The van der Waals surface area contributed by atoms with Crippen LogP contribution in [0.1, 0.15) is 36.8 Å². The van der Waals surface area contributed by atoms with E-state index in [4.69, 9.17) is 5.11 Å². The second-order valence-corrected chi connectivity index (χ2v) is 6.95. The number of carbonyl (C=O) groups excluding carboxylic acids is 2. The molecule has 2 aromatic rings. The molecule has 0 radical (unpaired) electrons. The van der Waals surface area contributed by atoms with E-state index in [-0.39, 0.29) is 18.2 Å². The van der Waals surface area contributed by atoms with Crippen molar-refractivity contribution in [1.29, 1.82) is 0 Å². The number of nitrogens with one attached hydrogen (secondary N) is 1. The number of nitrogens with zero attached hydrogens (tertiary/aromatic N) is 1. The molecule has 0 aliphatic carbocycles. The van der Waals surface area contributed by atoms with Gasteiger partial charge in [-0.05, 0) is 48.6 Å². The molecule has 0 saturated carbocycles. The van der Waals surface area contributed by atoms with Crippen molar-refractivity contribution < 1.29 is 19.5 Å². The number of para-hydroxylation sites is 1. The molecule has 0 saturated heterocycles. The van der Waals surface area contributed by atoms with Crippen LogP contribution >= 0.6 is 0 Å². The lowest BCUT2D eigenvalue weighted by Crippen LogP contribution is -2.30. The predicted molar refractivity (Wildman–Crippen MR) is 107 cm³/mol. The van der Waals surface area contributed by atoms with E-state index in [0.717, 1.165) is 17.7 Å². The molecule has 0 fully saturated rings. The van der Waals surface area contributed by atoms with Gasteiger partial charge in [-0.2, -0.15) is 0 Å². The molecule has 0 bridgehead atoms.